The highest BCUT2D eigenvalue weighted by Crippen LogP contribution is 2.40. The molecule has 1 aromatic heterocycles. The highest BCUT2D eigenvalue weighted by atomic mass is 32.1. The van der Waals surface area contributed by atoms with Crippen molar-refractivity contribution in [1.29, 1.82) is 0 Å². The average Bonchev–Trinajstić information content (AvgIpc) is 3.27. The summed E-state index contributed by atoms with van der Waals surface area (Å²) in [7, 11) is 0. The molecule has 3 N–H and O–H groups in total. The Kier molecular flexibility index (Phi) is 5.71. The zero-order valence-electron chi connectivity index (χ0n) is 18.0. The van der Waals surface area contributed by atoms with E-state index in [4.69, 9.17) is 5.73 Å². The Hall–Kier alpha value is -4.38. The number of rotatable bonds is 6. The molecule has 11 heteroatoms. The number of nitrogens with two attached hydrogens (primary N) is 1. The van der Waals surface area contributed by atoms with E-state index in [2.05, 4.69) is 5.32 Å². The van der Waals surface area contributed by atoms with E-state index in [0.29, 0.717) is 10.5 Å². The second-order valence-corrected chi connectivity index (χ2v) is 8.79. The summed E-state index contributed by atoms with van der Waals surface area (Å²) in [5.74, 6) is -3.24. The van der Waals surface area contributed by atoms with Gasteiger partial charge < -0.3 is 11.1 Å². The summed E-state index contributed by atoms with van der Waals surface area (Å²) in [4.78, 5) is 63.0. The van der Waals surface area contributed by atoms with Crippen LogP contribution in [0.4, 0.5) is 10.7 Å². The molecular formula is C23H18N4O6S. The summed E-state index contributed by atoms with van der Waals surface area (Å²) in [5, 5.41) is 14.1. The van der Waals surface area contributed by atoms with Crippen LogP contribution in [0.2, 0.25) is 0 Å². The molecule has 0 saturated heterocycles. The Morgan fingerprint density at radius 2 is 1.74 bits per heavy atom. The van der Waals surface area contributed by atoms with Crippen molar-refractivity contribution in [3.63, 3.8) is 0 Å². The zero-order chi connectivity index (χ0) is 24.7. The van der Waals surface area contributed by atoms with Crippen LogP contribution >= 0.6 is 11.3 Å². The number of aryl methyl sites for hydroxylation is 1. The van der Waals surface area contributed by atoms with Crippen molar-refractivity contribution >= 4 is 45.7 Å². The third-order valence-corrected chi connectivity index (χ3v) is 6.54. The molecule has 0 bridgehead atoms. The number of carbonyl (C=O) groups excluding carboxylic acids is 4. The van der Waals surface area contributed by atoms with Gasteiger partial charge in [-0.3, -0.25) is 34.2 Å². The van der Waals surface area contributed by atoms with Gasteiger partial charge in [0.15, 0.2) is 0 Å². The van der Waals surface area contributed by atoms with Gasteiger partial charge in [-0.05, 0) is 25.5 Å². The number of fused-ring (bicyclic) bond motifs is 1. The Morgan fingerprint density at radius 3 is 2.35 bits per heavy atom. The van der Waals surface area contributed by atoms with E-state index in [1.165, 1.54) is 19.1 Å². The molecule has 2 heterocycles. The van der Waals surface area contributed by atoms with Gasteiger partial charge in [-0.25, -0.2) is 0 Å². The minimum atomic E-state index is -1.31. The first-order chi connectivity index (χ1) is 16.1. The Morgan fingerprint density at radius 1 is 1.06 bits per heavy atom. The third-order valence-electron chi connectivity index (χ3n) is 5.52. The quantitative estimate of drug-likeness (QED) is 0.315. The van der Waals surface area contributed by atoms with Gasteiger partial charge >= 0.3 is 0 Å². The molecule has 4 rings (SSSR count). The van der Waals surface area contributed by atoms with Crippen LogP contribution in [0.25, 0.3) is 11.1 Å². The summed E-state index contributed by atoms with van der Waals surface area (Å²) < 4.78 is 0. The van der Waals surface area contributed by atoms with Gasteiger partial charge in [0, 0.05) is 16.5 Å². The number of thiophene rings is 1. The Bertz CT molecular complexity index is 1380. The topological polar surface area (TPSA) is 153 Å². The molecule has 0 aliphatic carbocycles. The molecular weight excluding hydrogens is 460 g/mol. The van der Waals surface area contributed by atoms with E-state index in [1.807, 2.05) is 6.07 Å². The maximum atomic E-state index is 13.1. The molecule has 0 saturated carbocycles. The summed E-state index contributed by atoms with van der Waals surface area (Å²) in [6.45, 7) is 3.10. The Labute approximate surface area is 197 Å². The molecule has 1 aliphatic rings. The summed E-state index contributed by atoms with van der Waals surface area (Å²) in [6.07, 6.45) is 0. The van der Waals surface area contributed by atoms with Crippen LogP contribution in [0, 0.1) is 17.0 Å². The maximum absolute atomic E-state index is 13.1. The van der Waals surface area contributed by atoms with Crippen molar-refractivity contribution in [2.75, 3.05) is 5.32 Å². The number of imide groups is 1. The number of benzene rings is 2. The van der Waals surface area contributed by atoms with Gasteiger partial charge in [0.25, 0.3) is 23.4 Å². The first kappa shape index (κ1) is 22.8. The highest BCUT2D eigenvalue weighted by molar-refractivity contribution is 7.17. The lowest BCUT2D eigenvalue weighted by Gasteiger charge is -2.21. The normalized spacial score (nSPS) is 13.5. The number of nitro benzene ring substituents is 1. The smallest absolute Gasteiger partial charge is 0.282 e. The molecule has 0 fully saturated rings. The van der Waals surface area contributed by atoms with E-state index >= 15 is 0 Å². The minimum Gasteiger partial charge on any atom is -0.365 e. The number of amides is 4. The molecule has 0 radical (unpaired) electrons. The molecule has 34 heavy (non-hydrogen) atoms. The van der Waals surface area contributed by atoms with Crippen LogP contribution in [-0.2, 0) is 4.79 Å². The predicted molar refractivity (Wildman–Crippen MR) is 125 cm³/mol. The van der Waals surface area contributed by atoms with E-state index in [9.17, 15) is 29.3 Å². The molecule has 1 atom stereocenters. The van der Waals surface area contributed by atoms with E-state index in [-0.39, 0.29) is 21.7 Å². The number of hydrogen-bond acceptors (Lipinski definition) is 7. The van der Waals surface area contributed by atoms with Crippen LogP contribution < -0.4 is 11.1 Å². The Balaban J connectivity index is 1.66. The van der Waals surface area contributed by atoms with Crippen molar-refractivity contribution in [1.82, 2.24) is 4.90 Å². The van der Waals surface area contributed by atoms with E-state index in [1.54, 1.807) is 31.2 Å². The minimum absolute atomic E-state index is 0.118. The molecule has 1 aliphatic heterocycles. The van der Waals surface area contributed by atoms with Crippen LogP contribution in [-0.4, -0.2) is 39.5 Å². The van der Waals surface area contributed by atoms with E-state index in [0.717, 1.165) is 27.8 Å². The maximum Gasteiger partial charge on any atom is 0.282 e. The fourth-order valence-electron chi connectivity index (χ4n) is 3.94. The molecule has 3 aromatic rings. The fraction of sp³-hybridized carbons (Fsp3) is 0.130. The van der Waals surface area contributed by atoms with Crippen molar-refractivity contribution in [2.45, 2.75) is 19.9 Å². The second-order valence-electron chi connectivity index (χ2n) is 7.57. The van der Waals surface area contributed by atoms with E-state index < -0.39 is 40.3 Å². The van der Waals surface area contributed by atoms with Crippen molar-refractivity contribution in [3.05, 3.63) is 80.2 Å². The number of anilines is 1. The average molecular weight is 478 g/mol. The van der Waals surface area contributed by atoms with Gasteiger partial charge in [0.2, 0.25) is 5.91 Å². The number of primary amides is 1. The predicted octanol–water partition coefficient (Wildman–Crippen LogP) is 3.35. The first-order valence-electron chi connectivity index (χ1n) is 10.1. The van der Waals surface area contributed by atoms with Crippen LogP contribution in [0.1, 0.15) is 42.9 Å². The van der Waals surface area contributed by atoms with Gasteiger partial charge in [0.1, 0.15) is 16.6 Å². The lowest BCUT2D eigenvalue weighted by molar-refractivity contribution is -0.385. The van der Waals surface area contributed by atoms with Crippen molar-refractivity contribution in [3.8, 4) is 11.1 Å². The molecule has 0 spiro atoms. The highest BCUT2D eigenvalue weighted by Gasteiger charge is 2.45. The van der Waals surface area contributed by atoms with Gasteiger partial charge in [-0.2, -0.15) is 0 Å². The number of nitrogens with one attached hydrogen (secondary N) is 1. The second kappa shape index (κ2) is 8.52. The summed E-state index contributed by atoms with van der Waals surface area (Å²) in [6, 6.07) is 11.5. The van der Waals surface area contributed by atoms with Gasteiger partial charge in [-0.15, -0.1) is 11.3 Å². The summed E-state index contributed by atoms with van der Waals surface area (Å²) in [5.41, 5.74) is 6.05. The fourth-order valence-corrected chi connectivity index (χ4v) is 5.03. The van der Waals surface area contributed by atoms with Gasteiger partial charge in [-0.1, -0.05) is 36.4 Å². The van der Waals surface area contributed by atoms with Crippen LogP contribution in [0.3, 0.4) is 0 Å². The number of nitrogens with zero attached hydrogens (tertiary/aromatic N) is 2. The van der Waals surface area contributed by atoms with Crippen LogP contribution in [0.15, 0.2) is 48.5 Å². The lowest BCUT2D eigenvalue weighted by Crippen LogP contribution is -2.45. The lowest BCUT2D eigenvalue weighted by atomic mass is 10.0. The molecule has 10 nitrogen and oxygen atoms in total. The first-order valence-corrected chi connectivity index (χ1v) is 10.9. The zero-order valence-corrected chi connectivity index (χ0v) is 18.8. The monoisotopic (exact) mass is 478 g/mol. The largest absolute Gasteiger partial charge is 0.365 e. The third kappa shape index (κ3) is 3.61. The summed E-state index contributed by atoms with van der Waals surface area (Å²) >= 11 is 1.14. The molecule has 2 aromatic carbocycles. The standard InChI is InChI=1S/C23H18N4O6S/c1-11(26-22(30)14-9-6-10-15(27(32)33)17(14)23(26)31)20(29)25-21-18(19(24)28)16(12(2)34-21)13-7-4-3-5-8-13/h3-11H,1-2H3,(H2,24,28)(H,25,29). The molecule has 4 amide bonds. The number of carbonyl (C=O) groups is 4. The number of hydrogen-bond donors (Lipinski definition) is 2. The van der Waals surface area contributed by atoms with Crippen molar-refractivity contribution in [2.24, 2.45) is 5.73 Å². The number of nitro groups is 1. The molecule has 172 valence electrons. The van der Waals surface area contributed by atoms with Crippen molar-refractivity contribution < 1.29 is 24.1 Å². The SMILES string of the molecule is Cc1sc(NC(=O)C(C)N2C(=O)c3cccc([N+](=O)[O-])c3C2=O)c(C(N)=O)c1-c1ccccc1. The van der Waals surface area contributed by atoms with Crippen LogP contribution in [0.5, 0.6) is 0 Å². The molecule has 1 unspecified atom stereocenters. The van der Waals surface area contributed by atoms with Gasteiger partial charge in [0.05, 0.1) is 16.1 Å².